The highest BCUT2D eigenvalue weighted by Crippen LogP contribution is 2.32. The van der Waals surface area contributed by atoms with E-state index in [1.165, 1.54) is 21.8 Å². The van der Waals surface area contributed by atoms with Crippen molar-refractivity contribution in [1.82, 2.24) is 4.57 Å². The van der Waals surface area contributed by atoms with Crippen LogP contribution in [0.25, 0.3) is 39.1 Å². The number of phenols is 1. The van der Waals surface area contributed by atoms with Crippen molar-refractivity contribution in [3.63, 3.8) is 0 Å². The molecular weight excluding hydrogens is 368 g/mol. The first-order valence-electron chi connectivity index (χ1n) is 9.74. The Labute approximate surface area is 174 Å². The third-order valence-electron chi connectivity index (χ3n) is 5.34. The van der Waals surface area contributed by atoms with Gasteiger partial charge in [0.15, 0.2) is 0 Å². The van der Waals surface area contributed by atoms with Gasteiger partial charge in [0, 0.05) is 16.5 Å². The van der Waals surface area contributed by atoms with Crippen molar-refractivity contribution < 1.29 is 5.11 Å². The van der Waals surface area contributed by atoms with Gasteiger partial charge in [-0.2, -0.15) is 5.26 Å². The molecule has 0 amide bonds. The Morgan fingerprint density at radius 1 is 0.733 bits per heavy atom. The van der Waals surface area contributed by atoms with Crippen LogP contribution in [0.1, 0.15) is 11.1 Å². The number of nitriles is 1. The summed E-state index contributed by atoms with van der Waals surface area (Å²) in [7, 11) is 0. The van der Waals surface area contributed by atoms with Gasteiger partial charge in [-0.25, -0.2) is 0 Å². The van der Waals surface area contributed by atoms with E-state index in [0.717, 1.165) is 16.8 Å². The molecule has 0 spiro atoms. The number of para-hydroxylation sites is 2. The Morgan fingerprint density at radius 2 is 1.30 bits per heavy atom. The van der Waals surface area contributed by atoms with Crippen LogP contribution in [-0.4, -0.2) is 9.67 Å². The quantitative estimate of drug-likeness (QED) is 0.282. The predicted molar refractivity (Wildman–Crippen MR) is 122 cm³/mol. The molecule has 0 aliphatic heterocycles. The summed E-state index contributed by atoms with van der Waals surface area (Å²) in [5.41, 5.74) is 5.70. The van der Waals surface area contributed by atoms with Crippen LogP contribution >= 0.6 is 0 Å². The Balaban J connectivity index is 1.59. The second-order valence-corrected chi connectivity index (χ2v) is 7.18. The molecule has 0 bridgehead atoms. The number of fused-ring (bicyclic) bond motifs is 3. The van der Waals surface area contributed by atoms with E-state index in [4.69, 9.17) is 0 Å². The molecule has 3 heteroatoms. The van der Waals surface area contributed by atoms with Gasteiger partial charge in [-0.15, -0.1) is 0 Å². The summed E-state index contributed by atoms with van der Waals surface area (Å²) in [6, 6.07) is 34.0. The molecule has 0 aliphatic rings. The van der Waals surface area contributed by atoms with Gasteiger partial charge in [0.1, 0.15) is 5.75 Å². The first-order chi connectivity index (χ1) is 14.7. The number of aromatic nitrogens is 1. The zero-order valence-corrected chi connectivity index (χ0v) is 16.2. The molecule has 0 atom stereocenters. The molecule has 1 heterocycles. The molecule has 3 nitrogen and oxygen atoms in total. The molecule has 30 heavy (non-hydrogen) atoms. The molecule has 4 aromatic carbocycles. The van der Waals surface area contributed by atoms with Crippen molar-refractivity contribution in [1.29, 1.82) is 5.26 Å². The molecule has 0 radical (unpaired) electrons. The van der Waals surface area contributed by atoms with E-state index in [1.807, 2.05) is 18.2 Å². The maximum Gasteiger partial charge on any atom is 0.115 e. The third kappa shape index (κ3) is 3.01. The minimum atomic E-state index is 0.187. The molecule has 0 unspecified atom stereocenters. The number of benzene rings is 4. The number of hydrogen-bond acceptors (Lipinski definition) is 2. The fourth-order valence-electron chi connectivity index (χ4n) is 3.91. The normalized spacial score (nSPS) is 11.6. The minimum Gasteiger partial charge on any atom is -0.508 e. The van der Waals surface area contributed by atoms with E-state index in [2.05, 4.69) is 71.3 Å². The van der Waals surface area contributed by atoms with Gasteiger partial charge >= 0.3 is 0 Å². The van der Waals surface area contributed by atoms with E-state index in [1.54, 1.807) is 24.3 Å². The van der Waals surface area contributed by atoms with Crippen molar-refractivity contribution in [2.75, 3.05) is 0 Å². The lowest BCUT2D eigenvalue weighted by Crippen LogP contribution is -1.93. The van der Waals surface area contributed by atoms with Crippen molar-refractivity contribution in [3.8, 4) is 17.5 Å². The van der Waals surface area contributed by atoms with Crippen LogP contribution in [0.15, 0.2) is 97.1 Å². The highest BCUT2D eigenvalue weighted by molar-refractivity contribution is 6.09. The monoisotopic (exact) mass is 386 g/mol. The first-order valence-corrected chi connectivity index (χ1v) is 9.74. The van der Waals surface area contributed by atoms with E-state index in [-0.39, 0.29) is 5.75 Å². The lowest BCUT2D eigenvalue weighted by Gasteiger charge is -2.08. The second kappa shape index (κ2) is 7.27. The van der Waals surface area contributed by atoms with E-state index >= 15 is 0 Å². The van der Waals surface area contributed by atoms with Crippen LogP contribution in [0, 0.1) is 11.3 Å². The molecular formula is C27H18N2O. The molecule has 0 fully saturated rings. The maximum atomic E-state index is 9.57. The molecule has 5 rings (SSSR count). The Kier molecular flexibility index (Phi) is 4.31. The van der Waals surface area contributed by atoms with Gasteiger partial charge in [-0.05, 0) is 65.7 Å². The Bertz CT molecular complexity index is 1380. The lowest BCUT2D eigenvalue weighted by molar-refractivity contribution is 0.475. The van der Waals surface area contributed by atoms with Crippen molar-refractivity contribution in [2.24, 2.45) is 0 Å². The maximum absolute atomic E-state index is 9.57. The van der Waals surface area contributed by atoms with Crippen LogP contribution < -0.4 is 0 Å². The zero-order chi connectivity index (χ0) is 20.5. The largest absolute Gasteiger partial charge is 0.508 e. The number of aromatic hydroxyl groups is 1. The van der Waals surface area contributed by atoms with Gasteiger partial charge in [-0.1, -0.05) is 48.5 Å². The Hall–Kier alpha value is -4.29. The van der Waals surface area contributed by atoms with Gasteiger partial charge in [0.05, 0.1) is 22.7 Å². The SMILES string of the molecule is N#C/C(=C\c1ccc(-n2c3ccccc3c3ccccc32)cc1)c1ccc(O)cc1. The molecule has 1 aromatic heterocycles. The topological polar surface area (TPSA) is 49.0 Å². The summed E-state index contributed by atoms with van der Waals surface area (Å²) < 4.78 is 2.27. The molecule has 0 saturated heterocycles. The van der Waals surface area contributed by atoms with Gasteiger partial charge in [0.25, 0.3) is 0 Å². The first kappa shape index (κ1) is 17.8. The average molecular weight is 386 g/mol. The van der Waals surface area contributed by atoms with Crippen LogP contribution in [0.2, 0.25) is 0 Å². The fraction of sp³-hybridized carbons (Fsp3) is 0. The van der Waals surface area contributed by atoms with Crippen molar-refractivity contribution in [3.05, 3.63) is 108 Å². The summed E-state index contributed by atoms with van der Waals surface area (Å²) in [6.45, 7) is 0. The van der Waals surface area contributed by atoms with Crippen LogP contribution in [-0.2, 0) is 0 Å². The van der Waals surface area contributed by atoms with Crippen LogP contribution in [0.4, 0.5) is 0 Å². The highest BCUT2D eigenvalue weighted by Gasteiger charge is 2.11. The summed E-state index contributed by atoms with van der Waals surface area (Å²) in [5, 5.41) is 21.5. The predicted octanol–water partition coefficient (Wildman–Crippen LogP) is 6.55. The second-order valence-electron chi connectivity index (χ2n) is 7.18. The number of phenolic OH excluding ortho intramolecular Hbond substituents is 1. The van der Waals surface area contributed by atoms with E-state index < -0.39 is 0 Å². The number of allylic oxidation sites excluding steroid dienone is 1. The standard InChI is InChI=1S/C27H18N2O/c28-18-21(20-11-15-23(30)16-12-20)17-19-9-13-22(14-10-19)29-26-7-3-1-5-24(26)25-6-2-4-8-27(25)29/h1-17,30H/b21-17+. The van der Waals surface area contributed by atoms with Crippen LogP contribution in [0.3, 0.4) is 0 Å². The summed E-state index contributed by atoms with van der Waals surface area (Å²) in [4.78, 5) is 0. The third-order valence-corrected chi connectivity index (χ3v) is 5.34. The average Bonchev–Trinajstić information content (AvgIpc) is 3.13. The number of hydrogen-bond donors (Lipinski definition) is 1. The van der Waals surface area contributed by atoms with Crippen LogP contribution in [0.5, 0.6) is 5.75 Å². The number of rotatable bonds is 3. The zero-order valence-electron chi connectivity index (χ0n) is 16.2. The number of nitrogens with zero attached hydrogens (tertiary/aromatic N) is 2. The van der Waals surface area contributed by atoms with Gasteiger partial charge < -0.3 is 9.67 Å². The Morgan fingerprint density at radius 3 is 1.87 bits per heavy atom. The van der Waals surface area contributed by atoms with Crippen molar-refractivity contribution in [2.45, 2.75) is 0 Å². The van der Waals surface area contributed by atoms with E-state index in [0.29, 0.717) is 5.57 Å². The highest BCUT2D eigenvalue weighted by atomic mass is 16.3. The van der Waals surface area contributed by atoms with Gasteiger partial charge in [-0.3, -0.25) is 0 Å². The lowest BCUT2D eigenvalue weighted by atomic mass is 10.0. The smallest absolute Gasteiger partial charge is 0.115 e. The minimum absolute atomic E-state index is 0.187. The fourth-order valence-corrected chi connectivity index (χ4v) is 3.91. The summed E-state index contributed by atoms with van der Waals surface area (Å²) in [5.74, 6) is 0.187. The molecule has 5 aromatic rings. The van der Waals surface area contributed by atoms with Crippen molar-refractivity contribution >= 4 is 33.5 Å². The summed E-state index contributed by atoms with van der Waals surface area (Å²) in [6.07, 6.45) is 1.86. The molecule has 1 N–H and O–H groups in total. The molecule has 142 valence electrons. The van der Waals surface area contributed by atoms with Gasteiger partial charge in [0.2, 0.25) is 0 Å². The molecule has 0 saturated carbocycles. The molecule has 0 aliphatic carbocycles. The summed E-state index contributed by atoms with van der Waals surface area (Å²) >= 11 is 0. The van der Waals surface area contributed by atoms with E-state index in [9.17, 15) is 10.4 Å².